The summed E-state index contributed by atoms with van der Waals surface area (Å²) >= 11 is 0. The lowest BCUT2D eigenvalue weighted by atomic mass is 10.0. The molecule has 0 saturated carbocycles. The Balaban J connectivity index is 3.56. The normalized spacial score (nSPS) is 13.8. The van der Waals surface area contributed by atoms with Gasteiger partial charge in [-0.05, 0) is 83.5 Å². The minimum Gasteiger partial charge on any atom is -0.394 e. The molecule has 0 rings (SSSR count). The average Bonchev–Trinajstić information content (AvgIpc) is 3.24. The summed E-state index contributed by atoms with van der Waals surface area (Å²) in [7, 11) is 0. The van der Waals surface area contributed by atoms with Crippen molar-refractivity contribution in [3.05, 3.63) is 48.6 Å². The highest BCUT2D eigenvalue weighted by Gasteiger charge is 2.26. The predicted octanol–water partition coefficient (Wildman–Crippen LogP) is 15.7. The maximum absolute atomic E-state index is 12.5. The van der Waals surface area contributed by atoms with E-state index >= 15 is 0 Å². The number of nitrogens with one attached hydrogen (secondary N) is 1. The Bertz CT molecular complexity index is 958. The van der Waals surface area contributed by atoms with Crippen LogP contribution in [0.3, 0.4) is 0 Å². The van der Waals surface area contributed by atoms with Crippen molar-refractivity contribution < 1.29 is 20.1 Å². The van der Waals surface area contributed by atoms with Crippen LogP contribution in [0.4, 0.5) is 0 Å². The smallest absolute Gasteiger partial charge is 0.220 e. The van der Waals surface area contributed by atoms with Gasteiger partial charge in [-0.25, -0.2) is 0 Å². The van der Waals surface area contributed by atoms with Crippen molar-refractivity contribution in [1.82, 2.24) is 5.32 Å². The van der Waals surface area contributed by atoms with Gasteiger partial charge in [-0.3, -0.25) is 4.79 Å². The number of rotatable bonds is 47. The molecule has 0 aromatic heterocycles. The Kier molecular flexibility index (Phi) is 47.6. The zero-order chi connectivity index (χ0) is 43.0. The van der Waals surface area contributed by atoms with E-state index in [-0.39, 0.29) is 12.5 Å². The second-order valence-electron chi connectivity index (χ2n) is 17.7. The molecule has 1 amide bonds. The van der Waals surface area contributed by atoms with Crippen LogP contribution in [-0.4, -0.2) is 46.1 Å². The zero-order valence-corrected chi connectivity index (χ0v) is 39.4. The molecule has 5 nitrogen and oxygen atoms in total. The molecule has 0 aromatic rings. The van der Waals surface area contributed by atoms with Gasteiger partial charge in [0.1, 0.15) is 6.10 Å². The predicted molar refractivity (Wildman–Crippen MR) is 259 cm³/mol. The molecule has 0 spiro atoms. The molecule has 0 aliphatic rings. The number of allylic oxidation sites excluding steroid dienone is 8. The number of carbonyl (C=O) groups excluding carboxylic acids is 1. The third-order valence-corrected chi connectivity index (χ3v) is 11.9. The number of amides is 1. The quantitative estimate of drug-likeness (QED) is 0.0363. The molecule has 0 heterocycles. The van der Waals surface area contributed by atoms with Crippen LogP contribution in [0, 0.1) is 0 Å². The summed E-state index contributed by atoms with van der Waals surface area (Å²) in [6.07, 6.45) is 64.0. The minimum atomic E-state index is -1.17. The maximum Gasteiger partial charge on any atom is 0.220 e. The van der Waals surface area contributed by atoms with Crippen LogP contribution in [0.15, 0.2) is 48.6 Å². The Morgan fingerprint density at radius 1 is 0.424 bits per heavy atom. The average molecular weight is 828 g/mol. The van der Waals surface area contributed by atoms with E-state index in [1.165, 1.54) is 186 Å². The van der Waals surface area contributed by atoms with Crippen molar-refractivity contribution in [2.75, 3.05) is 6.61 Å². The standard InChI is InChI=1S/C54H101NO4/c1-3-5-7-9-11-13-15-17-19-20-21-22-23-24-25-26-27-28-29-30-31-32-33-34-35-37-39-41-43-45-47-49-53(58)55-51(50-56)54(59)52(57)48-46-44-42-40-38-36-18-16-14-12-10-8-6-4-2/h16,18,21-22,24-25,40,42,51-52,54,56-57,59H,3-15,17,19-20,23,26-39,41,43-50H2,1-2H3,(H,55,58)/b18-16+,22-21-,25-24-,42-40+. The fourth-order valence-corrected chi connectivity index (χ4v) is 7.86. The lowest BCUT2D eigenvalue weighted by Crippen LogP contribution is -2.50. The van der Waals surface area contributed by atoms with Gasteiger partial charge in [0, 0.05) is 6.42 Å². The van der Waals surface area contributed by atoms with Gasteiger partial charge in [-0.15, -0.1) is 0 Å². The van der Waals surface area contributed by atoms with E-state index in [1.54, 1.807) is 0 Å². The van der Waals surface area contributed by atoms with E-state index in [0.29, 0.717) is 12.8 Å². The fourth-order valence-electron chi connectivity index (χ4n) is 7.86. The summed E-state index contributed by atoms with van der Waals surface area (Å²) in [5.74, 6) is -0.158. The Morgan fingerprint density at radius 3 is 1.14 bits per heavy atom. The van der Waals surface area contributed by atoms with Crippen LogP contribution in [-0.2, 0) is 4.79 Å². The first-order chi connectivity index (χ1) is 29.1. The molecule has 4 N–H and O–H groups in total. The molecule has 0 radical (unpaired) electrons. The number of carbonyl (C=O) groups is 1. The van der Waals surface area contributed by atoms with E-state index in [1.807, 2.05) is 0 Å². The molecule has 3 atom stereocenters. The van der Waals surface area contributed by atoms with Crippen LogP contribution in [0.2, 0.25) is 0 Å². The van der Waals surface area contributed by atoms with Crippen LogP contribution in [0.1, 0.15) is 264 Å². The number of hydrogen-bond donors (Lipinski definition) is 4. The molecule has 5 heteroatoms. The second-order valence-corrected chi connectivity index (χ2v) is 17.7. The van der Waals surface area contributed by atoms with Crippen molar-refractivity contribution in [2.24, 2.45) is 0 Å². The van der Waals surface area contributed by atoms with Crippen molar-refractivity contribution in [3.8, 4) is 0 Å². The van der Waals surface area contributed by atoms with Crippen LogP contribution in [0.5, 0.6) is 0 Å². The molecule has 0 bridgehead atoms. The van der Waals surface area contributed by atoms with E-state index < -0.39 is 18.2 Å². The Morgan fingerprint density at radius 2 is 0.746 bits per heavy atom. The van der Waals surface area contributed by atoms with Gasteiger partial charge >= 0.3 is 0 Å². The Hall–Kier alpha value is -1.69. The molecule has 0 saturated heterocycles. The lowest BCUT2D eigenvalue weighted by Gasteiger charge is -2.26. The number of hydrogen-bond acceptors (Lipinski definition) is 4. The second kappa shape index (κ2) is 49.0. The Labute approximate surface area is 367 Å². The van der Waals surface area contributed by atoms with Crippen molar-refractivity contribution >= 4 is 5.91 Å². The fraction of sp³-hybridized carbons (Fsp3) is 0.833. The lowest BCUT2D eigenvalue weighted by molar-refractivity contribution is -0.124. The van der Waals surface area contributed by atoms with Crippen LogP contribution in [0.25, 0.3) is 0 Å². The topological polar surface area (TPSA) is 89.8 Å². The van der Waals surface area contributed by atoms with E-state index in [2.05, 4.69) is 67.8 Å². The zero-order valence-electron chi connectivity index (χ0n) is 39.4. The van der Waals surface area contributed by atoms with E-state index in [0.717, 1.165) is 51.4 Å². The number of unbranched alkanes of at least 4 members (excludes halogenated alkanes) is 31. The summed E-state index contributed by atoms with van der Waals surface area (Å²) in [5, 5.41) is 33.6. The molecule has 0 fully saturated rings. The van der Waals surface area contributed by atoms with Gasteiger partial charge in [0.05, 0.1) is 18.8 Å². The highest BCUT2D eigenvalue weighted by molar-refractivity contribution is 5.76. The van der Waals surface area contributed by atoms with E-state index in [4.69, 9.17) is 0 Å². The third-order valence-electron chi connectivity index (χ3n) is 11.9. The molecule has 346 valence electrons. The number of aliphatic hydroxyl groups excluding tert-OH is 3. The largest absolute Gasteiger partial charge is 0.394 e. The van der Waals surface area contributed by atoms with Crippen LogP contribution >= 0.6 is 0 Å². The maximum atomic E-state index is 12.5. The van der Waals surface area contributed by atoms with Gasteiger partial charge < -0.3 is 20.6 Å². The molecule has 59 heavy (non-hydrogen) atoms. The molecular weight excluding hydrogens is 727 g/mol. The first-order valence-corrected chi connectivity index (χ1v) is 25.9. The molecule has 0 aliphatic heterocycles. The highest BCUT2D eigenvalue weighted by atomic mass is 16.3. The molecule has 0 aliphatic carbocycles. The van der Waals surface area contributed by atoms with Crippen molar-refractivity contribution in [1.29, 1.82) is 0 Å². The summed E-state index contributed by atoms with van der Waals surface area (Å²) in [6.45, 7) is 4.15. The summed E-state index contributed by atoms with van der Waals surface area (Å²) in [4.78, 5) is 12.5. The van der Waals surface area contributed by atoms with Gasteiger partial charge in [-0.1, -0.05) is 223 Å². The minimum absolute atomic E-state index is 0.158. The van der Waals surface area contributed by atoms with Gasteiger partial charge in [0.15, 0.2) is 0 Å². The highest BCUT2D eigenvalue weighted by Crippen LogP contribution is 2.16. The third kappa shape index (κ3) is 44.2. The number of aliphatic hydroxyl groups is 3. The molecular formula is C54H101NO4. The van der Waals surface area contributed by atoms with Gasteiger partial charge in [-0.2, -0.15) is 0 Å². The van der Waals surface area contributed by atoms with E-state index in [9.17, 15) is 20.1 Å². The summed E-state index contributed by atoms with van der Waals surface area (Å²) < 4.78 is 0. The van der Waals surface area contributed by atoms with Gasteiger partial charge in [0.2, 0.25) is 5.91 Å². The monoisotopic (exact) mass is 828 g/mol. The summed E-state index contributed by atoms with van der Waals surface area (Å²) in [6, 6.07) is -0.833. The summed E-state index contributed by atoms with van der Waals surface area (Å²) in [5.41, 5.74) is 0. The first-order valence-electron chi connectivity index (χ1n) is 25.9. The van der Waals surface area contributed by atoms with Crippen molar-refractivity contribution in [2.45, 2.75) is 283 Å². The van der Waals surface area contributed by atoms with Crippen molar-refractivity contribution in [3.63, 3.8) is 0 Å². The first kappa shape index (κ1) is 57.3. The molecule has 0 aromatic carbocycles. The SMILES string of the molecule is CCCCCCC/C=C/CC/C=C/CCCC(O)C(O)C(CO)NC(=O)CCCCCCCCCCCCCCCCC/C=C\C/C=C\CCCCCCCCCCC. The van der Waals surface area contributed by atoms with Crippen LogP contribution < -0.4 is 5.32 Å². The molecule has 3 unspecified atom stereocenters. The van der Waals surface area contributed by atoms with Gasteiger partial charge in [0.25, 0.3) is 0 Å².